The van der Waals surface area contributed by atoms with Gasteiger partial charge in [0, 0.05) is 39.8 Å². The summed E-state index contributed by atoms with van der Waals surface area (Å²) in [6, 6.07) is 7.18. The summed E-state index contributed by atoms with van der Waals surface area (Å²) in [4.78, 5) is 26.4. The summed E-state index contributed by atoms with van der Waals surface area (Å²) in [5, 5.41) is 7.47. The number of benzene rings is 1. The highest BCUT2D eigenvalue weighted by Crippen LogP contribution is 2.33. The van der Waals surface area contributed by atoms with Crippen molar-refractivity contribution in [1.82, 2.24) is 19.7 Å². The summed E-state index contributed by atoms with van der Waals surface area (Å²) in [6.45, 7) is 1.90. The van der Waals surface area contributed by atoms with E-state index in [1.165, 1.54) is 0 Å². The van der Waals surface area contributed by atoms with Crippen LogP contribution >= 0.6 is 0 Å². The van der Waals surface area contributed by atoms with Gasteiger partial charge in [-0.25, -0.2) is 4.98 Å². The van der Waals surface area contributed by atoms with Gasteiger partial charge < -0.3 is 24.6 Å². The van der Waals surface area contributed by atoms with Crippen molar-refractivity contribution in [3.63, 3.8) is 0 Å². The lowest BCUT2D eigenvalue weighted by atomic mass is 10.1. The van der Waals surface area contributed by atoms with E-state index < -0.39 is 0 Å². The van der Waals surface area contributed by atoms with E-state index in [1.54, 1.807) is 38.2 Å². The molecule has 1 aliphatic heterocycles. The van der Waals surface area contributed by atoms with Crippen molar-refractivity contribution in [2.75, 3.05) is 56.5 Å². The Kier molecular flexibility index (Phi) is 6.34. The van der Waals surface area contributed by atoms with E-state index in [1.807, 2.05) is 37.2 Å². The van der Waals surface area contributed by atoms with E-state index in [0.29, 0.717) is 40.3 Å². The molecule has 0 atom stereocenters. The Bertz CT molecular complexity index is 1150. The van der Waals surface area contributed by atoms with E-state index >= 15 is 0 Å². The molecule has 10 heteroatoms. The van der Waals surface area contributed by atoms with Gasteiger partial charge in [0.2, 0.25) is 5.95 Å². The number of carbonyl (C=O) groups excluding carboxylic acids is 1. The first-order valence-corrected chi connectivity index (χ1v) is 10.8. The third kappa shape index (κ3) is 4.55. The fraction of sp³-hybridized carbons (Fsp3) is 0.391. The van der Waals surface area contributed by atoms with Gasteiger partial charge in [0.05, 0.1) is 26.1 Å². The molecule has 0 bridgehead atoms. The van der Waals surface area contributed by atoms with Crippen LogP contribution < -0.4 is 24.6 Å². The Morgan fingerprint density at radius 2 is 1.88 bits per heavy atom. The molecule has 0 aliphatic carbocycles. The second kappa shape index (κ2) is 9.35. The minimum Gasteiger partial charge on any atom is -0.497 e. The molecule has 3 heterocycles. The molecule has 1 aliphatic rings. The molecule has 0 spiro atoms. The van der Waals surface area contributed by atoms with Crippen LogP contribution in [-0.2, 0) is 7.05 Å². The van der Waals surface area contributed by atoms with E-state index in [9.17, 15) is 4.79 Å². The molecule has 0 radical (unpaired) electrons. The molecule has 10 nitrogen and oxygen atoms in total. The summed E-state index contributed by atoms with van der Waals surface area (Å²) < 4.78 is 12.3. The van der Waals surface area contributed by atoms with Crippen LogP contribution in [0.2, 0.25) is 0 Å². The predicted molar refractivity (Wildman–Crippen MR) is 128 cm³/mol. The smallest absolute Gasteiger partial charge is 0.274 e. The highest BCUT2D eigenvalue weighted by Gasteiger charge is 2.21. The number of nitrogens with zero attached hydrogens (tertiary/aromatic N) is 6. The largest absolute Gasteiger partial charge is 0.497 e. The fourth-order valence-corrected chi connectivity index (χ4v) is 3.87. The number of rotatable bonds is 7. The number of carbonyl (C=O) groups is 1. The molecule has 33 heavy (non-hydrogen) atoms. The molecule has 174 valence electrons. The molecule has 0 unspecified atom stereocenters. The minimum absolute atomic E-state index is 0.307. The third-order valence-corrected chi connectivity index (χ3v) is 5.61. The molecule has 0 saturated carbocycles. The molecule has 1 aromatic carbocycles. The Balaban J connectivity index is 1.62. The van der Waals surface area contributed by atoms with Crippen LogP contribution in [0.4, 0.5) is 17.5 Å². The summed E-state index contributed by atoms with van der Waals surface area (Å²) in [5.74, 6) is 2.34. The Morgan fingerprint density at radius 1 is 1.12 bits per heavy atom. The Labute approximate surface area is 193 Å². The van der Waals surface area contributed by atoms with Gasteiger partial charge in [0.25, 0.3) is 5.91 Å². The minimum atomic E-state index is -0.307. The lowest BCUT2D eigenvalue weighted by Crippen LogP contribution is -2.24. The Hall–Kier alpha value is -3.82. The molecule has 1 fully saturated rings. The van der Waals surface area contributed by atoms with Crippen molar-refractivity contribution in [3.8, 4) is 22.8 Å². The van der Waals surface area contributed by atoms with Gasteiger partial charge in [-0.3, -0.25) is 9.48 Å². The van der Waals surface area contributed by atoms with Crippen molar-refractivity contribution < 1.29 is 14.3 Å². The van der Waals surface area contributed by atoms with Crippen molar-refractivity contribution in [3.05, 3.63) is 36.2 Å². The zero-order chi connectivity index (χ0) is 23.5. The highest BCUT2D eigenvalue weighted by atomic mass is 16.5. The summed E-state index contributed by atoms with van der Waals surface area (Å²) in [6.07, 6.45) is 3.94. The maximum Gasteiger partial charge on any atom is 0.274 e. The topological polar surface area (TPSA) is 97.6 Å². The zero-order valence-corrected chi connectivity index (χ0v) is 19.6. The van der Waals surface area contributed by atoms with Crippen molar-refractivity contribution >= 4 is 23.4 Å². The van der Waals surface area contributed by atoms with E-state index in [2.05, 4.69) is 20.3 Å². The molecular weight excluding hydrogens is 422 g/mol. The monoisotopic (exact) mass is 451 g/mol. The maximum atomic E-state index is 13.2. The molecule has 1 N–H and O–H groups in total. The van der Waals surface area contributed by atoms with Crippen LogP contribution in [0.15, 0.2) is 30.5 Å². The van der Waals surface area contributed by atoms with Gasteiger partial charge in [0.1, 0.15) is 22.9 Å². The number of anilines is 3. The lowest BCUT2D eigenvalue weighted by Gasteiger charge is -2.21. The first-order valence-electron chi connectivity index (χ1n) is 10.8. The van der Waals surface area contributed by atoms with Gasteiger partial charge in [-0.2, -0.15) is 10.1 Å². The summed E-state index contributed by atoms with van der Waals surface area (Å²) in [7, 11) is 8.70. The average molecular weight is 452 g/mol. The lowest BCUT2D eigenvalue weighted by molar-refractivity contribution is 0.101. The number of aryl methyl sites for hydroxylation is 1. The van der Waals surface area contributed by atoms with Gasteiger partial charge in [-0.1, -0.05) is 0 Å². The maximum absolute atomic E-state index is 13.2. The molecule has 4 rings (SSSR count). The molecule has 1 amide bonds. The van der Waals surface area contributed by atoms with Gasteiger partial charge in [-0.05, 0) is 37.1 Å². The Morgan fingerprint density at radius 3 is 2.55 bits per heavy atom. The standard InChI is InChI=1S/C23H29N7O3/c1-28(2)21-18(14-24-23(26-21)30-10-6-7-11-30)25-22(31)19-13-17(27-29(19)3)16-12-15(32-4)8-9-20(16)33-5/h8-9,12-14H,6-7,10-11H2,1-5H3,(H,25,31). The first kappa shape index (κ1) is 22.4. The second-order valence-corrected chi connectivity index (χ2v) is 8.05. The normalized spacial score (nSPS) is 13.2. The van der Waals surface area contributed by atoms with Crippen molar-refractivity contribution in [2.24, 2.45) is 7.05 Å². The van der Waals surface area contributed by atoms with Crippen LogP contribution in [0.3, 0.4) is 0 Å². The summed E-state index contributed by atoms with van der Waals surface area (Å²) in [5.41, 5.74) is 2.27. The van der Waals surface area contributed by atoms with Crippen LogP contribution in [0, 0.1) is 0 Å². The third-order valence-electron chi connectivity index (χ3n) is 5.61. The van der Waals surface area contributed by atoms with Crippen molar-refractivity contribution in [2.45, 2.75) is 12.8 Å². The quantitative estimate of drug-likeness (QED) is 0.586. The zero-order valence-electron chi connectivity index (χ0n) is 19.6. The van der Waals surface area contributed by atoms with Gasteiger partial charge in [-0.15, -0.1) is 0 Å². The number of ether oxygens (including phenoxy) is 2. The predicted octanol–water partition coefficient (Wildman–Crippen LogP) is 2.81. The first-order chi connectivity index (χ1) is 15.9. The van der Waals surface area contributed by atoms with Crippen LogP contribution in [0.25, 0.3) is 11.3 Å². The molecular formula is C23H29N7O3. The fourth-order valence-electron chi connectivity index (χ4n) is 3.87. The van der Waals surface area contributed by atoms with Crippen LogP contribution in [0.5, 0.6) is 11.5 Å². The number of hydrogen-bond donors (Lipinski definition) is 1. The van der Waals surface area contributed by atoms with Gasteiger partial charge in [0.15, 0.2) is 5.82 Å². The van der Waals surface area contributed by atoms with Gasteiger partial charge >= 0.3 is 0 Å². The van der Waals surface area contributed by atoms with E-state index in [-0.39, 0.29) is 5.91 Å². The number of aromatic nitrogens is 4. The molecule has 2 aromatic heterocycles. The van der Waals surface area contributed by atoms with Crippen LogP contribution in [0.1, 0.15) is 23.3 Å². The SMILES string of the molecule is COc1ccc(OC)c(-c2cc(C(=O)Nc3cnc(N4CCCC4)nc3N(C)C)n(C)n2)c1. The number of methoxy groups -OCH3 is 2. The number of hydrogen-bond acceptors (Lipinski definition) is 8. The number of nitrogens with one attached hydrogen (secondary N) is 1. The van der Waals surface area contributed by atoms with Crippen LogP contribution in [-0.4, -0.2) is 67.1 Å². The highest BCUT2D eigenvalue weighted by molar-refractivity contribution is 6.05. The molecule has 3 aromatic rings. The summed E-state index contributed by atoms with van der Waals surface area (Å²) >= 11 is 0. The molecule has 1 saturated heterocycles. The van der Waals surface area contributed by atoms with Crippen molar-refractivity contribution in [1.29, 1.82) is 0 Å². The van der Waals surface area contributed by atoms with E-state index in [0.717, 1.165) is 31.5 Å². The van der Waals surface area contributed by atoms with E-state index in [4.69, 9.17) is 14.5 Å². The average Bonchev–Trinajstić information content (AvgIpc) is 3.49. The second-order valence-electron chi connectivity index (χ2n) is 8.05. The number of amides is 1.